The van der Waals surface area contributed by atoms with E-state index in [4.69, 9.17) is 0 Å². The summed E-state index contributed by atoms with van der Waals surface area (Å²) in [7, 11) is -3.67. The van der Waals surface area contributed by atoms with Gasteiger partial charge in [-0.1, -0.05) is 0 Å². The van der Waals surface area contributed by atoms with Crippen molar-refractivity contribution in [1.29, 1.82) is 0 Å². The smallest absolute Gasteiger partial charge is 0.269 e. The molecule has 0 atom stereocenters. The molecule has 0 saturated carbocycles. The molecule has 6 heavy (non-hydrogen) atoms. The second-order valence-electron chi connectivity index (χ2n) is 0.247. The fraction of sp³-hybridized carbons (Fsp3) is 0. The summed E-state index contributed by atoms with van der Waals surface area (Å²) in [4.78, 5) is 0. The molecule has 0 amide bonds. The minimum atomic E-state index is -3.67. The van der Waals surface area contributed by atoms with Gasteiger partial charge in [-0.15, -0.1) is 0 Å². The minimum absolute atomic E-state index is 0. The fourth-order valence-corrected chi connectivity index (χ4v) is 0. The summed E-state index contributed by atoms with van der Waals surface area (Å²) in [5, 5.41) is 0. The molecule has 0 aromatic rings. The Balaban J connectivity index is -0.0000000450. The summed E-state index contributed by atoms with van der Waals surface area (Å²) >= 11 is 0. The van der Waals surface area contributed by atoms with Gasteiger partial charge in [0.2, 0.25) is 0 Å². The molecule has 0 aliphatic carbocycles. The Kier molecular flexibility index (Phi) is 24.7. The van der Waals surface area contributed by atoms with Gasteiger partial charge in [-0.2, -0.15) is 0 Å². The van der Waals surface area contributed by atoms with Gasteiger partial charge in [-0.25, -0.2) is 0 Å². The zero-order valence-corrected chi connectivity index (χ0v) is 3.18. The molecule has 0 spiro atoms. The molecule has 0 aromatic carbocycles. The first-order valence-corrected chi connectivity index (χ1v) is 0.655. The van der Waals surface area contributed by atoms with Gasteiger partial charge < -0.3 is 0 Å². The Bertz CT molecular complexity index is 12.3. The molecule has 6 heteroatoms. The van der Waals surface area contributed by atoms with Gasteiger partial charge in [-0.05, 0) is 0 Å². The first-order chi connectivity index (χ1) is 1.73. The molecule has 0 N–H and O–H groups in total. The van der Waals surface area contributed by atoms with Gasteiger partial charge in [0.05, 0.1) is 0 Å². The van der Waals surface area contributed by atoms with Crippen LogP contribution < -0.4 is 0 Å². The van der Waals surface area contributed by atoms with E-state index in [2.05, 4.69) is 0 Å². The van der Waals surface area contributed by atoms with Crippen LogP contribution in [0.4, 0.5) is 17.7 Å². The van der Waals surface area contributed by atoms with E-state index in [1.807, 2.05) is 0 Å². The predicted octanol–water partition coefficient (Wildman–Crippen LogP) is 1.03. The van der Waals surface area contributed by atoms with Gasteiger partial charge in [0.25, 0.3) is 0 Å². The summed E-state index contributed by atoms with van der Waals surface area (Å²) in [5.41, 5.74) is 0. The monoisotopic (exact) mass is 128 g/mol. The van der Waals surface area contributed by atoms with E-state index >= 15 is 0 Å². The molecule has 0 radical (unpaired) electrons. The van der Waals surface area contributed by atoms with Crippen LogP contribution in [0.25, 0.3) is 0 Å². The SMILES string of the molecule is F.FB(F)F.[Ar]. The van der Waals surface area contributed by atoms with Crippen molar-refractivity contribution >= 4 is 7.54 Å². The average molecular weight is 128 g/mol. The Hall–Kier alpha value is 1.04. The van der Waals surface area contributed by atoms with Crippen molar-refractivity contribution in [2.24, 2.45) is 0 Å². The van der Waals surface area contributed by atoms with Crippen molar-refractivity contribution in [2.45, 2.75) is 0 Å². The molecular formula is HArBF4. The summed E-state index contributed by atoms with van der Waals surface area (Å²) < 4.78 is 29.0. The van der Waals surface area contributed by atoms with Crippen LogP contribution in [0.15, 0.2) is 0 Å². The molecule has 0 aliphatic heterocycles. The van der Waals surface area contributed by atoms with E-state index in [0.717, 1.165) is 0 Å². The minimum Gasteiger partial charge on any atom is -0.269 e. The summed E-state index contributed by atoms with van der Waals surface area (Å²) in [6.07, 6.45) is 0. The van der Waals surface area contributed by atoms with Crippen molar-refractivity contribution < 1.29 is 55.4 Å². The third-order valence-corrected chi connectivity index (χ3v) is 0. The van der Waals surface area contributed by atoms with E-state index in [1.54, 1.807) is 0 Å². The Labute approximate surface area is 62.7 Å². The molecule has 0 unspecified atom stereocenters. The van der Waals surface area contributed by atoms with Crippen LogP contribution in [-0.2, 0) is 0 Å². The molecule has 0 aliphatic rings. The van der Waals surface area contributed by atoms with Crippen LogP contribution >= 0.6 is 0 Å². The molecular weight excluding hydrogens is 127 g/mol. The Morgan fingerprint density at radius 3 is 1.00 bits per heavy atom. The van der Waals surface area contributed by atoms with Crippen LogP contribution in [0.5, 0.6) is 0 Å². The van der Waals surface area contributed by atoms with Gasteiger partial charge >= 0.3 is 7.54 Å². The van der Waals surface area contributed by atoms with Crippen molar-refractivity contribution in [3.05, 3.63) is 0 Å². The van der Waals surface area contributed by atoms with E-state index in [0.29, 0.717) is 0 Å². The Morgan fingerprint density at radius 1 is 1.00 bits per heavy atom. The standard InChI is InChI=1S/Ar.BF3.FH/c;2-1(3)4;/h;;1H. The quantitative estimate of drug-likeness (QED) is 0.337. The van der Waals surface area contributed by atoms with Crippen LogP contribution in [0.3, 0.4) is 0 Å². The third-order valence-electron chi connectivity index (χ3n) is 0. The van der Waals surface area contributed by atoms with Crippen molar-refractivity contribution in [1.82, 2.24) is 0 Å². The molecule has 0 nitrogen and oxygen atoms in total. The summed E-state index contributed by atoms with van der Waals surface area (Å²) in [6.45, 7) is 0. The third kappa shape index (κ3) is 75.6. The van der Waals surface area contributed by atoms with Gasteiger partial charge in [-0.3, -0.25) is 17.7 Å². The first-order valence-electron chi connectivity index (χ1n) is 0.655. The van der Waals surface area contributed by atoms with Crippen molar-refractivity contribution in [2.75, 3.05) is 0 Å². The summed E-state index contributed by atoms with van der Waals surface area (Å²) in [5.74, 6) is 0. The zero-order valence-electron chi connectivity index (χ0n) is 2.47. The molecule has 0 fully saturated rings. The van der Waals surface area contributed by atoms with Gasteiger partial charge in [0, 0.05) is 37.7 Å². The maximum atomic E-state index is 9.67. The van der Waals surface area contributed by atoms with E-state index in [-0.39, 0.29) is 42.4 Å². The number of hydrogen-bond acceptors (Lipinski definition) is 0. The van der Waals surface area contributed by atoms with Gasteiger partial charge in [0.15, 0.2) is 0 Å². The van der Waals surface area contributed by atoms with E-state index < -0.39 is 7.54 Å². The molecule has 0 heterocycles. The van der Waals surface area contributed by atoms with Crippen molar-refractivity contribution in [3.63, 3.8) is 0 Å². The average Bonchev–Trinajstić information content (AvgIpc) is 0.811. The topological polar surface area (TPSA) is 0 Å². The normalized spacial score (nSPS) is 4.50. The van der Waals surface area contributed by atoms with Crippen LogP contribution in [-0.4, -0.2) is 7.54 Å². The largest absolute Gasteiger partial charge is 0.762 e. The molecule has 0 aromatic heterocycles. The first kappa shape index (κ1) is 15.7. The predicted molar refractivity (Wildman–Crippen MR) is 11.6 cm³/mol. The number of rotatable bonds is 0. The van der Waals surface area contributed by atoms with Gasteiger partial charge in [0.1, 0.15) is 0 Å². The molecule has 0 saturated heterocycles. The fourth-order valence-electron chi connectivity index (χ4n) is 0. The van der Waals surface area contributed by atoms with E-state index in [1.165, 1.54) is 0 Å². The molecule has 0 rings (SSSR count). The van der Waals surface area contributed by atoms with Crippen LogP contribution in [0.2, 0.25) is 0 Å². The zero-order chi connectivity index (χ0) is 3.58. The maximum absolute atomic E-state index is 9.67. The summed E-state index contributed by atoms with van der Waals surface area (Å²) in [6, 6.07) is 0. The maximum Gasteiger partial charge on any atom is 0.762 e. The molecule has 0 bridgehead atoms. The van der Waals surface area contributed by atoms with Crippen molar-refractivity contribution in [3.8, 4) is 0 Å². The second-order valence-corrected chi connectivity index (χ2v) is 0.247. The number of halogens is 4. The second kappa shape index (κ2) is 9.40. The molecule has 40 valence electrons. The van der Waals surface area contributed by atoms with Crippen LogP contribution in [0, 0.1) is 37.7 Å². The van der Waals surface area contributed by atoms with E-state index in [9.17, 15) is 12.9 Å². The van der Waals surface area contributed by atoms with Crippen LogP contribution in [0.1, 0.15) is 0 Å². The Morgan fingerprint density at radius 2 is 1.00 bits per heavy atom. The number of hydrogen-bond donors (Lipinski definition) is 0.